The maximum Gasteiger partial charge on any atom is 0.336 e. The maximum atomic E-state index is 12.9. The lowest BCUT2D eigenvalue weighted by Gasteiger charge is -2.22. The molecule has 1 unspecified atom stereocenters. The van der Waals surface area contributed by atoms with Crippen LogP contribution < -0.4 is 10.9 Å². The van der Waals surface area contributed by atoms with Gasteiger partial charge in [0, 0.05) is 11.5 Å². The number of carbonyl (C=O) groups is 2. The fraction of sp³-hybridized carbons (Fsp3) is 0.450. The average molecular weight is 356 g/mol. The summed E-state index contributed by atoms with van der Waals surface area (Å²) in [7, 11) is 0. The highest BCUT2D eigenvalue weighted by Crippen LogP contribution is 2.27. The standard InChI is InChI=1S/C20H24N2O4/c1-12(2)7-8-20(4)18(24)22(19(25)21-20)11-14-10-17(23)26-16-9-13(3)5-6-15(14)16/h5-6,9-10,12H,7-8,11H2,1-4H3,(H,21,25). The Bertz CT molecular complexity index is 931. The summed E-state index contributed by atoms with van der Waals surface area (Å²) < 4.78 is 5.25. The van der Waals surface area contributed by atoms with Gasteiger partial charge in [-0.2, -0.15) is 0 Å². The van der Waals surface area contributed by atoms with Gasteiger partial charge in [-0.25, -0.2) is 9.59 Å². The molecule has 6 heteroatoms. The van der Waals surface area contributed by atoms with Gasteiger partial charge in [0.25, 0.3) is 5.91 Å². The first-order valence-electron chi connectivity index (χ1n) is 8.87. The van der Waals surface area contributed by atoms with Gasteiger partial charge in [-0.3, -0.25) is 9.69 Å². The number of hydrogen-bond acceptors (Lipinski definition) is 4. The summed E-state index contributed by atoms with van der Waals surface area (Å²) in [5.74, 6) is 0.188. The van der Waals surface area contributed by atoms with Gasteiger partial charge in [0.1, 0.15) is 11.1 Å². The summed E-state index contributed by atoms with van der Waals surface area (Å²) in [6.45, 7) is 7.88. The number of benzene rings is 1. The third kappa shape index (κ3) is 3.36. The van der Waals surface area contributed by atoms with E-state index in [2.05, 4.69) is 19.2 Å². The SMILES string of the molecule is Cc1ccc2c(CN3C(=O)NC(C)(CCC(C)C)C3=O)cc(=O)oc2c1. The minimum absolute atomic E-state index is 0.0487. The van der Waals surface area contributed by atoms with E-state index in [1.165, 1.54) is 11.0 Å². The van der Waals surface area contributed by atoms with Crippen LogP contribution in [0.15, 0.2) is 33.5 Å². The summed E-state index contributed by atoms with van der Waals surface area (Å²) in [5, 5.41) is 3.54. The monoisotopic (exact) mass is 356 g/mol. The highest BCUT2D eigenvalue weighted by molar-refractivity contribution is 6.06. The van der Waals surface area contributed by atoms with Gasteiger partial charge < -0.3 is 9.73 Å². The molecular weight excluding hydrogens is 332 g/mol. The first-order chi connectivity index (χ1) is 12.2. The predicted octanol–water partition coefficient (Wildman–Crippen LogP) is 3.35. The van der Waals surface area contributed by atoms with E-state index in [1.807, 2.05) is 19.1 Å². The zero-order valence-corrected chi connectivity index (χ0v) is 15.6. The van der Waals surface area contributed by atoms with Crippen molar-refractivity contribution in [2.45, 2.75) is 52.6 Å². The molecule has 1 atom stereocenters. The van der Waals surface area contributed by atoms with Gasteiger partial charge in [0.2, 0.25) is 0 Å². The first kappa shape index (κ1) is 18.2. The van der Waals surface area contributed by atoms with E-state index in [1.54, 1.807) is 13.0 Å². The van der Waals surface area contributed by atoms with Crippen LogP contribution in [0.5, 0.6) is 0 Å². The number of nitrogens with zero attached hydrogens (tertiary/aromatic N) is 1. The predicted molar refractivity (Wildman–Crippen MR) is 98.8 cm³/mol. The molecule has 0 aliphatic carbocycles. The van der Waals surface area contributed by atoms with Crippen molar-refractivity contribution in [3.05, 3.63) is 45.8 Å². The molecule has 1 aromatic heterocycles. The molecule has 2 heterocycles. The largest absolute Gasteiger partial charge is 0.423 e. The number of imide groups is 1. The Balaban J connectivity index is 1.92. The van der Waals surface area contributed by atoms with Crippen molar-refractivity contribution in [2.75, 3.05) is 0 Å². The highest BCUT2D eigenvalue weighted by atomic mass is 16.4. The lowest BCUT2D eigenvalue weighted by atomic mass is 9.92. The minimum Gasteiger partial charge on any atom is -0.423 e. The van der Waals surface area contributed by atoms with Crippen molar-refractivity contribution >= 4 is 22.9 Å². The Morgan fingerprint density at radius 3 is 2.62 bits per heavy atom. The van der Waals surface area contributed by atoms with E-state index in [4.69, 9.17) is 4.42 Å². The normalized spacial score (nSPS) is 20.3. The summed E-state index contributed by atoms with van der Waals surface area (Å²) in [6, 6.07) is 6.46. The molecule has 1 saturated heterocycles. The van der Waals surface area contributed by atoms with Gasteiger partial charge in [-0.15, -0.1) is 0 Å². The Morgan fingerprint density at radius 2 is 1.92 bits per heavy atom. The summed E-state index contributed by atoms with van der Waals surface area (Å²) >= 11 is 0. The molecule has 26 heavy (non-hydrogen) atoms. The molecule has 1 N–H and O–H groups in total. The maximum absolute atomic E-state index is 12.9. The number of rotatable bonds is 5. The van der Waals surface area contributed by atoms with Crippen molar-refractivity contribution in [1.82, 2.24) is 10.2 Å². The number of amides is 3. The molecule has 3 rings (SSSR count). The lowest BCUT2D eigenvalue weighted by molar-refractivity contribution is -0.131. The van der Waals surface area contributed by atoms with Crippen LogP contribution in [-0.2, 0) is 11.3 Å². The third-order valence-electron chi connectivity index (χ3n) is 4.88. The van der Waals surface area contributed by atoms with Crippen LogP contribution in [0.1, 0.15) is 44.7 Å². The molecule has 6 nitrogen and oxygen atoms in total. The molecule has 3 amide bonds. The Labute approximate surface area is 152 Å². The molecule has 138 valence electrons. The quantitative estimate of drug-likeness (QED) is 0.658. The van der Waals surface area contributed by atoms with E-state index < -0.39 is 17.2 Å². The van der Waals surface area contributed by atoms with Crippen molar-refractivity contribution in [1.29, 1.82) is 0 Å². The second-order valence-electron chi connectivity index (χ2n) is 7.68. The zero-order valence-electron chi connectivity index (χ0n) is 15.6. The van der Waals surface area contributed by atoms with Crippen LogP contribution in [-0.4, -0.2) is 22.4 Å². The van der Waals surface area contributed by atoms with Crippen LogP contribution in [0, 0.1) is 12.8 Å². The molecule has 1 aliphatic rings. The van der Waals surface area contributed by atoms with Gasteiger partial charge in [-0.05, 0) is 49.8 Å². The number of nitrogens with one attached hydrogen (secondary N) is 1. The van der Waals surface area contributed by atoms with E-state index in [0.29, 0.717) is 23.5 Å². The van der Waals surface area contributed by atoms with Gasteiger partial charge in [-0.1, -0.05) is 26.0 Å². The zero-order chi connectivity index (χ0) is 19.1. The van der Waals surface area contributed by atoms with E-state index in [0.717, 1.165) is 17.4 Å². The van der Waals surface area contributed by atoms with Crippen molar-refractivity contribution < 1.29 is 14.0 Å². The van der Waals surface area contributed by atoms with E-state index in [-0.39, 0.29) is 12.5 Å². The molecule has 0 radical (unpaired) electrons. The molecule has 0 saturated carbocycles. The second kappa shape index (κ2) is 6.59. The molecule has 0 spiro atoms. The first-order valence-corrected chi connectivity index (χ1v) is 8.87. The third-order valence-corrected chi connectivity index (χ3v) is 4.88. The lowest BCUT2D eigenvalue weighted by Crippen LogP contribution is -2.44. The Morgan fingerprint density at radius 1 is 1.19 bits per heavy atom. The van der Waals surface area contributed by atoms with E-state index in [9.17, 15) is 14.4 Å². The van der Waals surface area contributed by atoms with Gasteiger partial charge >= 0.3 is 11.7 Å². The van der Waals surface area contributed by atoms with Crippen LogP contribution >= 0.6 is 0 Å². The topological polar surface area (TPSA) is 79.6 Å². The molecule has 0 bridgehead atoms. The van der Waals surface area contributed by atoms with Crippen LogP contribution in [0.2, 0.25) is 0 Å². The van der Waals surface area contributed by atoms with E-state index >= 15 is 0 Å². The van der Waals surface area contributed by atoms with Crippen LogP contribution in [0.3, 0.4) is 0 Å². The van der Waals surface area contributed by atoms with Crippen molar-refractivity contribution in [3.8, 4) is 0 Å². The fourth-order valence-electron chi connectivity index (χ4n) is 3.28. The van der Waals surface area contributed by atoms with Crippen molar-refractivity contribution in [3.63, 3.8) is 0 Å². The summed E-state index contributed by atoms with van der Waals surface area (Å²) in [4.78, 5) is 38.4. The Kier molecular flexibility index (Phi) is 4.61. The Hall–Kier alpha value is -2.63. The number of hydrogen-bond donors (Lipinski definition) is 1. The molecule has 1 aliphatic heterocycles. The smallest absolute Gasteiger partial charge is 0.336 e. The average Bonchev–Trinajstić information content (AvgIpc) is 2.76. The highest BCUT2D eigenvalue weighted by Gasteiger charge is 2.47. The number of carbonyl (C=O) groups excluding carboxylic acids is 2. The molecule has 2 aromatic rings. The second-order valence-corrected chi connectivity index (χ2v) is 7.68. The molecule has 1 fully saturated rings. The number of fused-ring (bicyclic) bond motifs is 1. The fourth-order valence-corrected chi connectivity index (χ4v) is 3.28. The van der Waals surface area contributed by atoms with Crippen LogP contribution in [0.25, 0.3) is 11.0 Å². The molecule has 1 aromatic carbocycles. The van der Waals surface area contributed by atoms with Crippen LogP contribution in [0.4, 0.5) is 4.79 Å². The minimum atomic E-state index is -0.896. The molecular formula is C20H24N2O4. The summed E-state index contributed by atoms with van der Waals surface area (Å²) in [5.41, 5.74) is 0.643. The summed E-state index contributed by atoms with van der Waals surface area (Å²) in [6.07, 6.45) is 1.43. The van der Waals surface area contributed by atoms with Crippen molar-refractivity contribution in [2.24, 2.45) is 5.92 Å². The number of urea groups is 1. The van der Waals surface area contributed by atoms with Gasteiger partial charge in [0.15, 0.2) is 0 Å². The van der Waals surface area contributed by atoms with Gasteiger partial charge in [0.05, 0.1) is 6.54 Å². The number of aryl methyl sites for hydroxylation is 1.